The predicted molar refractivity (Wildman–Crippen MR) is 77.0 cm³/mol. The smallest absolute Gasteiger partial charge is 0.222 e. The monoisotopic (exact) mass is 274 g/mol. The molecule has 5 nitrogen and oxygen atoms in total. The van der Waals surface area contributed by atoms with Gasteiger partial charge in [-0.2, -0.15) is 0 Å². The molecule has 5 heteroatoms. The maximum atomic E-state index is 11.7. The van der Waals surface area contributed by atoms with Gasteiger partial charge in [-0.25, -0.2) is 0 Å². The van der Waals surface area contributed by atoms with E-state index in [-0.39, 0.29) is 17.6 Å². The van der Waals surface area contributed by atoms with Gasteiger partial charge in [0.05, 0.1) is 24.2 Å². The second-order valence-corrected chi connectivity index (χ2v) is 6.28. The molecular weight excluding hydrogens is 244 g/mol. The van der Waals surface area contributed by atoms with E-state index in [0.717, 1.165) is 6.42 Å². The molecule has 0 bridgehead atoms. The van der Waals surface area contributed by atoms with Crippen LogP contribution in [0.3, 0.4) is 0 Å². The molecule has 0 radical (unpaired) electrons. The van der Waals surface area contributed by atoms with Gasteiger partial charge in [-0.1, -0.05) is 0 Å². The third kappa shape index (κ3) is 9.87. The Labute approximate surface area is 117 Å². The maximum absolute atomic E-state index is 11.7. The Morgan fingerprint density at radius 1 is 1.26 bits per heavy atom. The minimum atomic E-state index is -0.480. The van der Waals surface area contributed by atoms with E-state index >= 15 is 0 Å². The van der Waals surface area contributed by atoms with E-state index in [9.17, 15) is 4.79 Å². The first kappa shape index (κ1) is 18.4. The fourth-order valence-electron chi connectivity index (χ4n) is 1.45. The zero-order valence-electron chi connectivity index (χ0n) is 13.2. The number of carbonyl (C=O) groups excluding carboxylic acids is 1. The number of hydrogen-bond donors (Lipinski definition) is 2. The fraction of sp³-hybridized carbons (Fsp3) is 0.929. The highest BCUT2D eigenvalue weighted by Gasteiger charge is 2.24. The van der Waals surface area contributed by atoms with E-state index in [4.69, 9.17) is 15.2 Å². The lowest BCUT2D eigenvalue weighted by molar-refractivity contribution is -0.128. The quantitative estimate of drug-likeness (QED) is 0.667. The van der Waals surface area contributed by atoms with Gasteiger partial charge in [0.2, 0.25) is 5.91 Å². The molecule has 1 unspecified atom stereocenters. The molecule has 0 saturated carbocycles. The van der Waals surface area contributed by atoms with Gasteiger partial charge in [-0.15, -0.1) is 0 Å². The van der Waals surface area contributed by atoms with Crippen molar-refractivity contribution in [2.24, 2.45) is 5.73 Å². The average Bonchev–Trinajstić information content (AvgIpc) is 2.25. The highest BCUT2D eigenvalue weighted by Crippen LogP contribution is 2.18. The van der Waals surface area contributed by atoms with Gasteiger partial charge in [-0.3, -0.25) is 4.79 Å². The van der Waals surface area contributed by atoms with Crippen LogP contribution in [-0.2, 0) is 14.3 Å². The van der Waals surface area contributed by atoms with Gasteiger partial charge < -0.3 is 20.5 Å². The van der Waals surface area contributed by atoms with Gasteiger partial charge in [0, 0.05) is 19.7 Å². The van der Waals surface area contributed by atoms with Crippen LogP contribution in [-0.4, -0.2) is 43.4 Å². The second kappa shape index (κ2) is 7.82. The number of methoxy groups -OCH3 is 1. The Hall–Kier alpha value is -0.650. The number of nitrogens with two attached hydrogens (primary N) is 1. The molecule has 1 amide bonds. The molecule has 0 saturated heterocycles. The molecular formula is C14H30N2O3. The van der Waals surface area contributed by atoms with E-state index in [1.165, 1.54) is 0 Å². The molecule has 3 N–H and O–H groups in total. The van der Waals surface area contributed by atoms with Crippen LogP contribution in [0.1, 0.15) is 47.5 Å². The molecule has 0 aromatic heterocycles. The summed E-state index contributed by atoms with van der Waals surface area (Å²) in [6.07, 6.45) is 1.11. The molecule has 1 atom stereocenters. The number of amides is 1. The third-order valence-electron chi connectivity index (χ3n) is 2.96. The maximum Gasteiger partial charge on any atom is 0.222 e. The number of nitrogens with one attached hydrogen (secondary N) is 1. The lowest BCUT2D eigenvalue weighted by Crippen LogP contribution is -2.40. The largest absolute Gasteiger partial charge is 0.379 e. The van der Waals surface area contributed by atoms with Crippen LogP contribution < -0.4 is 11.1 Å². The normalized spacial score (nSPS) is 14.3. The van der Waals surface area contributed by atoms with Crippen LogP contribution in [0.2, 0.25) is 0 Å². The highest BCUT2D eigenvalue weighted by molar-refractivity contribution is 5.76. The van der Waals surface area contributed by atoms with Crippen LogP contribution in [0.15, 0.2) is 0 Å². The van der Waals surface area contributed by atoms with E-state index in [2.05, 4.69) is 5.32 Å². The Balaban J connectivity index is 4.01. The van der Waals surface area contributed by atoms with Gasteiger partial charge >= 0.3 is 0 Å². The molecule has 0 aromatic rings. The van der Waals surface area contributed by atoms with Crippen molar-refractivity contribution < 1.29 is 14.3 Å². The highest BCUT2D eigenvalue weighted by atomic mass is 16.5. The van der Waals surface area contributed by atoms with E-state index < -0.39 is 5.60 Å². The minimum Gasteiger partial charge on any atom is -0.379 e. The van der Waals surface area contributed by atoms with E-state index in [1.807, 2.05) is 34.6 Å². The molecule has 0 aliphatic rings. The van der Waals surface area contributed by atoms with Crippen molar-refractivity contribution in [1.29, 1.82) is 0 Å². The lowest BCUT2D eigenvalue weighted by Gasteiger charge is -2.28. The van der Waals surface area contributed by atoms with Crippen LogP contribution >= 0.6 is 0 Å². The Kier molecular flexibility index (Phi) is 7.55. The molecule has 0 fully saturated rings. The summed E-state index contributed by atoms with van der Waals surface area (Å²) in [4.78, 5) is 11.7. The molecule has 0 spiro atoms. The van der Waals surface area contributed by atoms with Crippen molar-refractivity contribution in [3.63, 3.8) is 0 Å². The predicted octanol–water partition coefficient (Wildman–Crippen LogP) is 1.45. The summed E-state index contributed by atoms with van der Waals surface area (Å²) in [5.74, 6) is -0.0340. The van der Waals surface area contributed by atoms with Gasteiger partial charge in [0.15, 0.2) is 0 Å². The van der Waals surface area contributed by atoms with Crippen molar-refractivity contribution in [3.8, 4) is 0 Å². The number of hydrogen-bond acceptors (Lipinski definition) is 4. The van der Waals surface area contributed by atoms with Crippen molar-refractivity contribution in [2.75, 3.05) is 20.3 Å². The summed E-state index contributed by atoms with van der Waals surface area (Å²) in [5.41, 5.74) is 4.91. The summed E-state index contributed by atoms with van der Waals surface area (Å²) in [5, 5.41) is 2.79. The molecule has 0 aromatic carbocycles. The van der Waals surface area contributed by atoms with Crippen molar-refractivity contribution in [3.05, 3.63) is 0 Å². The summed E-state index contributed by atoms with van der Waals surface area (Å²) < 4.78 is 11.1. The molecule has 0 heterocycles. The van der Waals surface area contributed by atoms with Crippen LogP contribution in [0, 0.1) is 0 Å². The molecule has 114 valence electrons. The van der Waals surface area contributed by atoms with Crippen LogP contribution in [0.25, 0.3) is 0 Å². The molecule has 0 rings (SSSR count). The molecule has 19 heavy (non-hydrogen) atoms. The topological polar surface area (TPSA) is 73.6 Å². The second-order valence-electron chi connectivity index (χ2n) is 6.28. The van der Waals surface area contributed by atoms with Crippen LogP contribution in [0.5, 0.6) is 0 Å². The van der Waals surface area contributed by atoms with Gasteiger partial charge in [-0.05, 0) is 41.0 Å². The fourth-order valence-corrected chi connectivity index (χ4v) is 1.45. The minimum absolute atomic E-state index is 0.0320. The summed E-state index contributed by atoms with van der Waals surface area (Å²) in [7, 11) is 1.69. The standard InChI is InChI=1S/C14H30N2O3/c1-11(15)10-16-12(17)9-14(4,5)19-8-7-13(2,3)18-6/h11H,7-10,15H2,1-6H3,(H,16,17). The van der Waals surface area contributed by atoms with Crippen molar-refractivity contribution >= 4 is 5.91 Å². The Morgan fingerprint density at radius 2 is 1.84 bits per heavy atom. The number of carbonyl (C=O) groups is 1. The SMILES string of the molecule is COC(C)(C)CCOC(C)(C)CC(=O)NCC(C)N. The van der Waals surface area contributed by atoms with Crippen LogP contribution in [0.4, 0.5) is 0 Å². The summed E-state index contributed by atoms with van der Waals surface area (Å²) in [6, 6.07) is -0.0320. The first-order valence-corrected chi connectivity index (χ1v) is 6.79. The lowest BCUT2D eigenvalue weighted by atomic mass is 10.0. The molecule has 0 aliphatic carbocycles. The van der Waals surface area contributed by atoms with Gasteiger partial charge in [0.25, 0.3) is 0 Å². The summed E-state index contributed by atoms with van der Waals surface area (Å²) >= 11 is 0. The van der Waals surface area contributed by atoms with E-state index in [1.54, 1.807) is 7.11 Å². The first-order valence-electron chi connectivity index (χ1n) is 6.79. The zero-order chi connectivity index (χ0) is 15.1. The zero-order valence-corrected chi connectivity index (χ0v) is 13.2. The summed E-state index contributed by atoms with van der Waals surface area (Å²) in [6.45, 7) is 10.8. The van der Waals surface area contributed by atoms with Crippen molar-refractivity contribution in [2.45, 2.75) is 64.7 Å². The third-order valence-corrected chi connectivity index (χ3v) is 2.96. The number of rotatable bonds is 9. The average molecular weight is 274 g/mol. The number of ether oxygens (including phenoxy) is 2. The van der Waals surface area contributed by atoms with Crippen molar-refractivity contribution in [1.82, 2.24) is 5.32 Å². The van der Waals surface area contributed by atoms with Gasteiger partial charge in [0.1, 0.15) is 0 Å². The van der Waals surface area contributed by atoms with E-state index in [0.29, 0.717) is 19.6 Å². The molecule has 0 aliphatic heterocycles. The Bertz CT molecular complexity index is 276. The first-order chi connectivity index (χ1) is 8.58. The Morgan fingerprint density at radius 3 is 2.32 bits per heavy atom.